The van der Waals surface area contributed by atoms with E-state index in [2.05, 4.69) is 0 Å². The Bertz CT molecular complexity index is 676. The molecular formula is C16H15NO2. The van der Waals surface area contributed by atoms with Gasteiger partial charge in [0, 0.05) is 16.8 Å². The predicted molar refractivity (Wildman–Crippen MR) is 74.0 cm³/mol. The van der Waals surface area contributed by atoms with Gasteiger partial charge in [0.15, 0.2) is 6.10 Å². The first-order valence-corrected chi connectivity index (χ1v) is 6.24. The number of fused-ring (bicyclic) bond motifs is 1. The zero-order valence-electron chi connectivity index (χ0n) is 10.9. The summed E-state index contributed by atoms with van der Waals surface area (Å²) in [4.78, 5) is 11.9. The fourth-order valence-electron chi connectivity index (χ4n) is 2.61. The fraction of sp³-hybridized carbons (Fsp3) is 0.188. The molecule has 3 rings (SSSR count). The van der Waals surface area contributed by atoms with Gasteiger partial charge in [0.25, 0.3) is 0 Å². The molecule has 1 aliphatic heterocycles. The van der Waals surface area contributed by atoms with Crippen molar-refractivity contribution in [2.75, 3.05) is 5.73 Å². The molecule has 0 saturated carbocycles. The highest BCUT2D eigenvalue weighted by Gasteiger charge is 2.33. The van der Waals surface area contributed by atoms with Crippen LogP contribution in [0.4, 0.5) is 5.69 Å². The first-order chi connectivity index (χ1) is 9.08. The molecular weight excluding hydrogens is 238 g/mol. The Kier molecular flexibility index (Phi) is 2.56. The van der Waals surface area contributed by atoms with Gasteiger partial charge in [-0.3, -0.25) is 0 Å². The molecule has 19 heavy (non-hydrogen) atoms. The van der Waals surface area contributed by atoms with Crippen molar-refractivity contribution in [1.29, 1.82) is 0 Å². The monoisotopic (exact) mass is 253 g/mol. The number of hydrogen-bond donors (Lipinski definition) is 1. The number of aryl methyl sites for hydroxylation is 2. The maximum Gasteiger partial charge on any atom is 0.339 e. The number of rotatable bonds is 1. The number of carbonyl (C=O) groups is 1. The Labute approximate surface area is 112 Å². The summed E-state index contributed by atoms with van der Waals surface area (Å²) in [6.07, 6.45) is -0.387. The van der Waals surface area contributed by atoms with E-state index in [1.54, 1.807) is 6.07 Å². The molecule has 1 aliphatic rings. The number of benzene rings is 2. The Hall–Kier alpha value is -2.29. The van der Waals surface area contributed by atoms with Gasteiger partial charge in [-0.2, -0.15) is 0 Å². The lowest BCUT2D eigenvalue weighted by atomic mass is 9.95. The quantitative estimate of drug-likeness (QED) is 0.627. The molecule has 0 amide bonds. The highest BCUT2D eigenvalue weighted by Crippen LogP contribution is 2.39. The zero-order valence-corrected chi connectivity index (χ0v) is 10.9. The van der Waals surface area contributed by atoms with Crippen LogP contribution in [0.2, 0.25) is 0 Å². The maximum absolute atomic E-state index is 11.9. The first-order valence-electron chi connectivity index (χ1n) is 6.24. The van der Waals surface area contributed by atoms with E-state index < -0.39 is 0 Å². The summed E-state index contributed by atoms with van der Waals surface area (Å²) in [7, 11) is 0. The van der Waals surface area contributed by atoms with Crippen LogP contribution in [0.25, 0.3) is 0 Å². The Balaban J connectivity index is 2.18. The standard InChI is InChI=1S/C16H15NO2/c1-9-7-10(2)14(17)13(8-9)15-11-5-3-4-6-12(11)16(18)19-15/h3-8,15H,17H2,1-2H3. The molecule has 3 heteroatoms. The van der Waals surface area contributed by atoms with Gasteiger partial charge in [-0.25, -0.2) is 4.79 Å². The van der Waals surface area contributed by atoms with E-state index in [1.165, 1.54) is 0 Å². The van der Waals surface area contributed by atoms with E-state index in [9.17, 15) is 4.79 Å². The van der Waals surface area contributed by atoms with Gasteiger partial charge in [0.05, 0.1) is 5.56 Å². The van der Waals surface area contributed by atoms with Crippen molar-refractivity contribution >= 4 is 11.7 Å². The van der Waals surface area contributed by atoms with Crippen molar-refractivity contribution in [3.63, 3.8) is 0 Å². The highest BCUT2D eigenvalue weighted by molar-refractivity contribution is 5.94. The number of cyclic esters (lactones) is 1. The van der Waals surface area contributed by atoms with E-state index in [1.807, 2.05) is 44.2 Å². The molecule has 1 heterocycles. The van der Waals surface area contributed by atoms with E-state index in [0.29, 0.717) is 11.3 Å². The minimum absolute atomic E-state index is 0.279. The van der Waals surface area contributed by atoms with Crippen LogP contribution < -0.4 is 5.73 Å². The second-order valence-corrected chi connectivity index (χ2v) is 4.96. The van der Waals surface area contributed by atoms with Gasteiger partial charge in [0.1, 0.15) is 0 Å². The van der Waals surface area contributed by atoms with Crippen LogP contribution in [0, 0.1) is 13.8 Å². The summed E-state index contributed by atoms with van der Waals surface area (Å²) in [6.45, 7) is 3.98. The third kappa shape index (κ3) is 1.78. The zero-order chi connectivity index (χ0) is 13.6. The molecule has 0 spiro atoms. The molecule has 0 bridgehead atoms. The van der Waals surface area contributed by atoms with Gasteiger partial charge < -0.3 is 10.5 Å². The molecule has 1 unspecified atom stereocenters. The Morgan fingerprint density at radius 2 is 1.84 bits per heavy atom. The van der Waals surface area contributed by atoms with E-state index >= 15 is 0 Å². The summed E-state index contributed by atoms with van der Waals surface area (Å²) >= 11 is 0. The molecule has 0 radical (unpaired) electrons. The topological polar surface area (TPSA) is 52.3 Å². The van der Waals surface area contributed by atoms with Crippen molar-refractivity contribution in [2.45, 2.75) is 20.0 Å². The third-order valence-corrected chi connectivity index (χ3v) is 3.53. The molecule has 2 aromatic rings. The van der Waals surface area contributed by atoms with Crippen LogP contribution in [0.1, 0.15) is 38.7 Å². The molecule has 0 aromatic heterocycles. The molecule has 2 N–H and O–H groups in total. The Morgan fingerprint density at radius 3 is 2.63 bits per heavy atom. The van der Waals surface area contributed by atoms with Gasteiger partial charge in [-0.1, -0.05) is 29.8 Å². The smallest absolute Gasteiger partial charge is 0.339 e. The number of nitrogens with two attached hydrogens (primary N) is 1. The van der Waals surface area contributed by atoms with Crippen molar-refractivity contribution in [3.8, 4) is 0 Å². The number of esters is 1. The highest BCUT2D eigenvalue weighted by atomic mass is 16.5. The van der Waals surface area contributed by atoms with E-state index in [-0.39, 0.29) is 12.1 Å². The summed E-state index contributed by atoms with van der Waals surface area (Å²) in [6, 6.07) is 11.5. The largest absolute Gasteiger partial charge is 0.449 e. The SMILES string of the molecule is Cc1cc(C)c(N)c(C2OC(=O)c3ccccc32)c1. The van der Waals surface area contributed by atoms with Crippen molar-refractivity contribution in [2.24, 2.45) is 0 Å². The minimum Gasteiger partial charge on any atom is -0.449 e. The molecule has 1 atom stereocenters. The molecule has 0 saturated heterocycles. The first kappa shape index (κ1) is 11.8. The normalized spacial score (nSPS) is 17.2. The summed E-state index contributed by atoms with van der Waals surface area (Å²) < 4.78 is 5.49. The van der Waals surface area contributed by atoms with Gasteiger partial charge in [-0.05, 0) is 31.5 Å². The average Bonchev–Trinajstić information content (AvgIpc) is 2.72. The van der Waals surface area contributed by atoms with Gasteiger partial charge in [-0.15, -0.1) is 0 Å². The van der Waals surface area contributed by atoms with Gasteiger partial charge >= 0.3 is 5.97 Å². The maximum atomic E-state index is 11.9. The average molecular weight is 253 g/mol. The molecule has 3 nitrogen and oxygen atoms in total. The van der Waals surface area contributed by atoms with Crippen LogP contribution >= 0.6 is 0 Å². The number of anilines is 1. The summed E-state index contributed by atoms with van der Waals surface area (Å²) in [5.74, 6) is -0.279. The lowest BCUT2D eigenvalue weighted by molar-refractivity contribution is 0.0457. The van der Waals surface area contributed by atoms with Crippen LogP contribution in [-0.2, 0) is 4.74 Å². The molecule has 0 fully saturated rings. The second-order valence-electron chi connectivity index (χ2n) is 4.96. The van der Waals surface area contributed by atoms with Crippen LogP contribution in [0.15, 0.2) is 36.4 Å². The minimum atomic E-state index is -0.387. The van der Waals surface area contributed by atoms with Crippen LogP contribution in [0.5, 0.6) is 0 Å². The molecule has 0 aliphatic carbocycles. The second kappa shape index (κ2) is 4.12. The molecule has 96 valence electrons. The number of ether oxygens (including phenoxy) is 1. The van der Waals surface area contributed by atoms with E-state index in [4.69, 9.17) is 10.5 Å². The lowest BCUT2D eigenvalue weighted by Crippen LogP contribution is -2.06. The van der Waals surface area contributed by atoms with Crippen LogP contribution in [0.3, 0.4) is 0 Å². The van der Waals surface area contributed by atoms with Crippen molar-refractivity contribution in [3.05, 3.63) is 64.2 Å². The Morgan fingerprint density at radius 1 is 1.11 bits per heavy atom. The van der Waals surface area contributed by atoms with Crippen LogP contribution in [-0.4, -0.2) is 5.97 Å². The number of carbonyl (C=O) groups excluding carboxylic acids is 1. The van der Waals surface area contributed by atoms with Gasteiger partial charge in [0.2, 0.25) is 0 Å². The summed E-state index contributed by atoms with van der Waals surface area (Å²) in [5.41, 5.74) is 11.4. The number of hydrogen-bond acceptors (Lipinski definition) is 3. The number of nitrogen functional groups attached to an aromatic ring is 1. The third-order valence-electron chi connectivity index (χ3n) is 3.53. The lowest BCUT2D eigenvalue weighted by Gasteiger charge is -2.16. The van der Waals surface area contributed by atoms with Crippen molar-refractivity contribution in [1.82, 2.24) is 0 Å². The van der Waals surface area contributed by atoms with E-state index in [0.717, 1.165) is 22.3 Å². The molecule has 2 aromatic carbocycles. The fourth-order valence-corrected chi connectivity index (χ4v) is 2.61. The van der Waals surface area contributed by atoms with Crippen molar-refractivity contribution < 1.29 is 9.53 Å². The predicted octanol–water partition coefficient (Wildman–Crippen LogP) is 3.15. The summed E-state index contributed by atoms with van der Waals surface area (Å²) in [5, 5.41) is 0.